The molecule has 0 N–H and O–H groups in total. The third-order valence-electron chi connectivity index (χ3n) is 13.5. The van der Waals surface area contributed by atoms with Crippen molar-refractivity contribution in [1.29, 1.82) is 0 Å². The summed E-state index contributed by atoms with van der Waals surface area (Å²) in [6, 6.07) is 37.9. The fourth-order valence-electron chi connectivity index (χ4n) is 9.79. The van der Waals surface area contributed by atoms with Crippen molar-refractivity contribution in [2.75, 3.05) is 37.2 Å². The molecule has 4 heterocycles. The van der Waals surface area contributed by atoms with Crippen LogP contribution >= 0.6 is 0 Å². The summed E-state index contributed by atoms with van der Waals surface area (Å²) in [5, 5.41) is 0. The molecule has 4 aliphatic heterocycles. The van der Waals surface area contributed by atoms with Gasteiger partial charge in [0, 0.05) is 67.3 Å². The highest BCUT2D eigenvalue weighted by atomic mass is 16.5. The Hall–Kier alpha value is -8.39. The van der Waals surface area contributed by atoms with Crippen molar-refractivity contribution in [3.05, 3.63) is 160 Å². The highest BCUT2D eigenvalue weighted by Crippen LogP contribution is 2.43. The average molecular weight is 978 g/mol. The number of amides is 2. The van der Waals surface area contributed by atoms with Crippen LogP contribution in [-0.2, 0) is 35.6 Å². The summed E-state index contributed by atoms with van der Waals surface area (Å²) in [7, 11) is 3.09. The van der Waals surface area contributed by atoms with Gasteiger partial charge in [-0.3, -0.25) is 39.2 Å². The number of benzene rings is 6. The van der Waals surface area contributed by atoms with E-state index in [1.807, 2.05) is 109 Å². The first-order valence-corrected chi connectivity index (χ1v) is 24.6. The largest absolute Gasteiger partial charge is 0.494 e. The highest BCUT2D eigenvalue weighted by Gasteiger charge is 2.38. The molecule has 6 aromatic rings. The van der Waals surface area contributed by atoms with Gasteiger partial charge in [0.05, 0.1) is 62.0 Å². The van der Waals surface area contributed by atoms with Gasteiger partial charge < -0.3 is 28.5 Å². The monoisotopic (exact) mass is 977 g/mol. The van der Waals surface area contributed by atoms with Crippen LogP contribution < -0.4 is 33.5 Å². The molecule has 14 heteroatoms. The number of carbonyl (C=O) groups is 4. The summed E-state index contributed by atoms with van der Waals surface area (Å²) in [6.07, 6.45) is 7.50. The van der Waals surface area contributed by atoms with Crippen LogP contribution in [-0.4, -0.2) is 81.0 Å². The number of methoxy groups -OCH3 is 2. The van der Waals surface area contributed by atoms with E-state index in [1.54, 1.807) is 48.3 Å². The zero-order valence-corrected chi connectivity index (χ0v) is 41.0. The average Bonchev–Trinajstić information content (AvgIpc) is 3.90. The number of Topliss-reactive ketones (excluding diaryl/α,β-unsaturated/α-hetero) is 2. The molecule has 0 aliphatic carbocycles. The molecule has 0 fully saturated rings. The normalized spacial score (nSPS) is 16.1. The lowest BCUT2D eigenvalue weighted by Gasteiger charge is -2.22. The second kappa shape index (κ2) is 21.5. The summed E-state index contributed by atoms with van der Waals surface area (Å²) >= 11 is 0. The number of ketones is 2. The van der Waals surface area contributed by atoms with Crippen LogP contribution in [0, 0.1) is 0 Å². The van der Waals surface area contributed by atoms with Gasteiger partial charge in [-0.1, -0.05) is 66.7 Å². The van der Waals surface area contributed by atoms with Crippen molar-refractivity contribution in [2.24, 2.45) is 15.0 Å². The maximum atomic E-state index is 14.1. The number of anilines is 2. The van der Waals surface area contributed by atoms with E-state index >= 15 is 0 Å². The van der Waals surface area contributed by atoms with Crippen LogP contribution in [0.5, 0.6) is 28.7 Å². The molecule has 0 saturated carbocycles. The second-order valence-electron chi connectivity index (χ2n) is 18.5. The number of carbonyl (C=O) groups excluding carboxylic acids is 4. The number of unbranched alkanes of at least 4 members (excludes halogenated alkanes) is 1. The number of hydrogen-bond donors (Lipinski definition) is 0. The topological polar surface area (TPSA) is 158 Å². The molecule has 2 amide bonds. The fraction of sp³-hybridized carbons (Fsp3) is 0.271. The molecule has 2 atom stereocenters. The predicted octanol–water partition coefficient (Wildman–Crippen LogP) is 10.4. The Morgan fingerprint density at radius 1 is 0.603 bits per heavy atom. The zero-order chi connectivity index (χ0) is 50.4. The smallest absolute Gasteiger partial charge is 0.261 e. The Morgan fingerprint density at radius 3 is 1.67 bits per heavy atom. The van der Waals surface area contributed by atoms with Gasteiger partial charge in [-0.25, -0.2) is 0 Å². The Morgan fingerprint density at radius 2 is 1.14 bits per heavy atom. The molecule has 0 unspecified atom stereocenters. The van der Waals surface area contributed by atoms with E-state index in [4.69, 9.17) is 33.7 Å². The maximum Gasteiger partial charge on any atom is 0.261 e. The van der Waals surface area contributed by atoms with Gasteiger partial charge in [0.15, 0.2) is 28.8 Å². The summed E-state index contributed by atoms with van der Waals surface area (Å²) in [4.78, 5) is 70.0. The molecule has 370 valence electrons. The lowest BCUT2D eigenvalue weighted by Crippen LogP contribution is -2.37. The van der Waals surface area contributed by atoms with E-state index < -0.39 is 0 Å². The number of para-hydroxylation sites is 2. The van der Waals surface area contributed by atoms with E-state index in [1.165, 1.54) is 6.92 Å². The van der Waals surface area contributed by atoms with E-state index in [0.29, 0.717) is 83.5 Å². The summed E-state index contributed by atoms with van der Waals surface area (Å²) in [5.41, 5.74) is 9.13. The standard InChI is InChI=1S/C59H55N5O9/c1-37(65)20-21-45(66)34-62-49(40-13-5-4-6-14-40)17-11-12-22-71-46-24-38(35-72-56-30-50-47(28-54(56)69-2)58(67)63-43(32-60-50)26-41-15-7-9-18-52(41)63)23-39(25-46)36-73-57-31-51-48(29-55(57)70-3)59(68)64-44(33-61-51)27-42-16-8-10-19-53(42)64/h4-10,13-16,18-19,23-25,28-33,43-44H,11-12,17,20-22,26-27,34-36H2,1-3H3/t43-,44-/m0/s1. The number of nitrogens with zero attached hydrogens (tertiary/aromatic N) is 5. The Balaban J connectivity index is 0.874. The van der Waals surface area contributed by atoms with Crippen LogP contribution in [0.15, 0.2) is 136 Å². The van der Waals surface area contributed by atoms with Gasteiger partial charge in [0.1, 0.15) is 24.7 Å². The molecule has 0 bridgehead atoms. The summed E-state index contributed by atoms with van der Waals surface area (Å²) in [6.45, 7) is 2.13. The first-order chi connectivity index (χ1) is 35.6. The van der Waals surface area contributed by atoms with Crippen LogP contribution in [0.2, 0.25) is 0 Å². The molecular weight excluding hydrogens is 923 g/mol. The lowest BCUT2D eigenvalue weighted by atomic mass is 10.0. The molecule has 4 aliphatic rings. The minimum absolute atomic E-state index is 0.0174. The van der Waals surface area contributed by atoms with Crippen molar-refractivity contribution in [3.8, 4) is 28.7 Å². The number of rotatable bonds is 20. The van der Waals surface area contributed by atoms with Gasteiger partial charge in [0.2, 0.25) is 0 Å². The minimum atomic E-state index is -0.202. The SMILES string of the molecule is COc1cc2c(cc1OCc1cc(COc3cc4c(cc3OC)C(=O)N3c5ccccc5C[C@H]3C=N4)cc(OCCCCC(=NCC(=O)CCC(C)=O)c3ccccc3)c1)N=C[C@@H]1Cc3ccccc3N1C2=O. The highest BCUT2D eigenvalue weighted by molar-refractivity contribution is 6.16. The zero-order valence-electron chi connectivity index (χ0n) is 41.0. The van der Waals surface area contributed by atoms with E-state index in [0.717, 1.165) is 51.3 Å². The Labute approximate surface area is 424 Å². The molecule has 0 aromatic heterocycles. The molecule has 0 spiro atoms. The van der Waals surface area contributed by atoms with Gasteiger partial charge >= 0.3 is 0 Å². The van der Waals surface area contributed by atoms with Gasteiger partial charge in [-0.2, -0.15) is 0 Å². The first-order valence-electron chi connectivity index (χ1n) is 24.6. The maximum absolute atomic E-state index is 14.1. The minimum Gasteiger partial charge on any atom is -0.494 e. The first kappa shape index (κ1) is 48.2. The van der Waals surface area contributed by atoms with Crippen LogP contribution in [0.3, 0.4) is 0 Å². The third kappa shape index (κ3) is 10.5. The van der Waals surface area contributed by atoms with E-state index in [-0.39, 0.29) is 68.1 Å². The number of hydrogen-bond acceptors (Lipinski definition) is 12. The molecule has 6 aromatic carbocycles. The fourth-order valence-corrected chi connectivity index (χ4v) is 9.79. The Kier molecular flexibility index (Phi) is 14.2. The molecule has 0 radical (unpaired) electrons. The van der Waals surface area contributed by atoms with Crippen LogP contribution in [0.1, 0.15) is 87.6 Å². The second-order valence-corrected chi connectivity index (χ2v) is 18.5. The van der Waals surface area contributed by atoms with Gasteiger partial charge in [-0.15, -0.1) is 0 Å². The van der Waals surface area contributed by atoms with E-state index in [2.05, 4.69) is 4.99 Å². The number of aliphatic imine (C=N–C) groups is 3. The quantitative estimate of drug-likeness (QED) is 0.0536. The van der Waals surface area contributed by atoms with Crippen LogP contribution in [0.25, 0.3) is 0 Å². The van der Waals surface area contributed by atoms with Crippen molar-refractivity contribution in [1.82, 2.24) is 0 Å². The van der Waals surface area contributed by atoms with Crippen LogP contribution in [0.4, 0.5) is 22.7 Å². The lowest BCUT2D eigenvalue weighted by molar-refractivity contribution is -0.122. The predicted molar refractivity (Wildman–Crippen MR) is 281 cm³/mol. The third-order valence-corrected chi connectivity index (χ3v) is 13.5. The van der Waals surface area contributed by atoms with Crippen molar-refractivity contribution >= 4 is 64.3 Å². The van der Waals surface area contributed by atoms with Gasteiger partial charge in [0.25, 0.3) is 11.8 Å². The molecule has 0 saturated heterocycles. The summed E-state index contributed by atoms with van der Waals surface area (Å²) in [5.74, 6) is 1.83. The molecule has 14 nitrogen and oxygen atoms in total. The Bertz CT molecular complexity index is 3040. The summed E-state index contributed by atoms with van der Waals surface area (Å²) < 4.78 is 31.0. The number of fused-ring (bicyclic) bond motifs is 8. The van der Waals surface area contributed by atoms with Crippen molar-refractivity contribution in [3.63, 3.8) is 0 Å². The van der Waals surface area contributed by atoms with E-state index in [9.17, 15) is 19.2 Å². The molecular formula is C59H55N5O9. The molecule has 73 heavy (non-hydrogen) atoms. The van der Waals surface area contributed by atoms with Crippen molar-refractivity contribution < 1.29 is 42.9 Å². The molecule has 10 rings (SSSR count). The van der Waals surface area contributed by atoms with Gasteiger partial charge in [-0.05, 0) is 96.5 Å². The number of ether oxygens (including phenoxy) is 5. The van der Waals surface area contributed by atoms with Crippen molar-refractivity contribution in [2.45, 2.75) is 77.2 Å².